The number of benzene rings is 1. The first kappa shape index (κ1) is 18.0. The van der Waals surface area contributed by atoms with Crippen LogP contribution in [0.4, 0.5) is 11.5 Å². The van der Waals surface area contributed by atoms with E-state index in [-0.39, 0.29) is 17.2 Å². The first-order valence-corrected chi connectivity index (χ1v) is 9.75. The summed E-state index contributed by atoms with van der Waals surface area (Å²) in [5, 5.41) is 6.97. The second kappa shape index (κ2) is 6.68. The maximum Gasteiger partial charge on any atom is 0.163 e. The molecule has 0 spiro atoms. The smallest absolute Gasteiger partial charge is 0.163 e. The van der Waals surface area contributed by atoms with Gasteiger partial charge in [-0.1, -0.05) is 26.0 Å². The average molecular weight is 428 g/mol. The summed E-state index contributed by atoms with van der Waals surface area (Å²) < 4.78 is 6.17. The molecule has 2 heterocycles. The number of ether oxygens (including phenoxy) is 1. The van der Waals surface area contributed by atoms with Crippen LogP contribution in [0.25, 0.3) is 0 Å². The Hall–Kier alpha value is -2.34. The first-order chi connectivity index (χ1) is 12.9. The van der Waals surface area contributed by atoms with Gasteiger partial charge in [0.25, 0.3) is 0 Å². The number of nitrogens with one attached hydrogen (secondary N) is 2. The summed E-state index contributed by atoms with van der Waals surface area (Å²) in [6, 6.07) is 9.57. The minimum atomic E-state index is -0.253. The Balaban J connectivity index is 1.86. The molecule has 0 bridgehead atoms. The zero-order valence-electron chi connectivity index (χ0n) is 15.6. The number of halogens is 1. The molecule has 0 saturated heterocycles. The van der Waals surface area contributed by atoms with Crippen molar-refractivity contribution in [2.75, 3.05) is 17.7 Å². The molecule has 5 nitrogen and oxygen atoms in total. The third-order valence-corrected chi connectivity index (χ3v) is 5.51. The van der Waals surface area contributed by atoms with Crippen LogP contribution < -0.4 is 15.4 Å². The van der Waals surface area contributed by atoms with Gasteiger partial charge in [0.1, 0.15) is 5.75 Å². The minimum Gasteiger partial charge on any atom is -0.497 e. The molecule has 6 heteroatoms. The monoisotopic (exact) mass is 427 g/mol. The molecule has 27 heavy (non-hydrogen) atoms. The molecule has 1 aromatic carbocycles. The summed E-state index contributed by atoms with van der Waals surface area (Å²) >= 11 is 3.49. The molecule has 0 fully saturated rings. The molecule has 0 unspecified atom stereocenters. The zero-order chi connectivity index (χ0) is 19.2. The standard InChI is InChI=1S/C21H22BrN3O2/c1-21(2)9-16-18(17(26)10-21)19(12-4-6-14(27-3)7-5-12)25-20-15(24-16)8-13(22)11-23-20/h4-8,11,19,24H,9-10H2,1-3H3,(H,23,25)/t19-/m1/s1. The molecule has 1 aliphatic heterocycles. The number of allylic oxidation sites excluding steroid dienone is 1. The number of hydrogen-bond acceptors (Lipinski definition) is 5. The van der Waals surface area contributed by atoms with Gasteiger partial charge in [-0.3, -0.25) is 4.79 Å². The molecule has 1 atom stereocenters. The van der Waals surface area contributed by atoms with Gasteiger partial charge in [0.2, 0.25) is 0 Å². The van der Waals surface area contributed by atoms with Crippen molar-refractivity contribution in [2.24, 2.45) is 5.41 Å². The van der Waals surface area contributed by atoms with Gasteiger partial charge in [0, 0.05) is 28.4 Å². The number of rotatable bonds is 2. The second-order valence-corrected chi connectivity index (χ2v) is 8.77. The molecule has 2 N–H and O–H groups in total. The number of ketones is 1. The summed E-state index contributed by atoms with van der Waals surface area (Å²) in [5.41, 5.74) is 3.59. The van der Waals surface area contributed by atoms with Gasteiger partial charge in [0.05, 0.1) is 18.8 Å². The Morgan fingerprint density at radius 2 is 1.96 bits per heavy atom. The average Bonchev–Trinajstić information content (AvgIpc) is 2.76. The van der Waals surface area contributed by atoms with Crippen molar-refractivity contribution in [3.8, 4) is 5.75 Å². The number of methoxy groups -OCH3 is 1. The SMILES string of the molecule is COc1ccc([C@H]2Nc3ncc(Br)cc3NC3=C2C(=O)CC(C)(C)C3)cc1. The van der Waals surface area contributed by atoms with Crippen molar-refractivity contribution in [1.29, 1.82) is 0 Å². The van der Waals surface area contributed by atoms with E-state index in [1.54, 1.807) is 13.3 Å². The van der Waals surface area contributed by atoms with E-state index < -0.39 is 0 Å². The summed E-state index contributed by atoms with van der Waals surface area (Å²) in [7, 11) is 1.65. The normalized spacial score (nSPS) is 20.7. The van der Waals surface area contributed by atoms with Crippen LogP contribution in [0.5, 0.6) is 5.75 Å². The third-order valence-electron chi connectivity index (χ3n) is 5.08. The molecule has 0 radical (unpaired) electrons. The van der Waals surface area contributed by atoms with E-state index in [1.165, 1.54) is 0 Å². The van der Waals surface area contributed by atoms with Gasteiger partial charge in [0.15, 0.2) is 11.6 Å². The fraction of sp³-hybridized carbons (Fsp3) is 0.333. The van der Waals surface area contributed by atoms with E-state index in [9.17, 15) is 4.79 Å². The number of aromatic nitrogens is 1. The number of fused-ring (bicyclic) bond motifs is 1. The molecule has 0 saturated carbocycles. The fourth-order valence-electron chi connectivity index (χ4n) is 3.85. The van der Waals surface area contributed by atoms with Crippen LogP contribution >= 0.6 is 15.9 Å². The molecule has 140 valence electrons. The number of hydrogen-bond donors (Lipinski definition) is 2. The number of carbonyl (C=O) groups is 1. The second-order valence-electron chi connectivity index (χ2n) is 7.86. The quantitative estimate of drug-likeness (QED) is 0.699. The molecule has 2 aromatic rings. The van der Waals surface area contributed by atoms with E-state index in [0.29, 0.717) is 6.42 Å². The highest BCUT2D eigenvalue weighted by atomic mass is 79.9. The van der Waals surface area contributed by atoms with Crippen molar-refractivity contribution in [3.05, 3.63) is 57.8 Å². The minimum absolute atomic E-state index is 0.0721. The van der Waals surface area contributed by atoms with Crippen LogP contribution in [-0.4, -0.2) is 17.9 Å². The summed E-state index contributed by atoms with van der Waals surface area (Å²) in [5.74, 6) is 1.70. The van der Waals surface area contributed by atoms with Crippen LogP contribution in [0.3, 0.4) is 0 Å². The maximum absolute atomic E-state index is 13.1. The van der Waals surface area contributed by atoms with Crippen LogP contribution in [0.1, 0.15) is 38.3 Å². The van der Waals surface area contributed by atoms with Crippen molar-refractivity contribution in [1.82, 2.24) is 4.98 Å². The molecule has 2 aliphatic rings. The van der Waals surface area contributed by atoms with E-state index in [2.05, 4.69) is 45.4 Å². The van der Waals surface area contributed by atoms with Crippen LogP contribution in [0.2, 0.25) is 0 Å². The van der Waals surface area contributed by atoms with E-state index in [1.807, 2.05) is 30.3 Å². The van der Waals surface area contributed by atoms with E-state index >= 15 is 0 Å². The molecular weight excluding hydrogens is 406 g/mol. The van der Waals surface area contributed by atoms with Gasteiger partial charge in [-0.2, -0.15) is 0 Å². The van der Waals surface area contributed by atoms with Gasteiger partial charge in [-0.05, 0) is 51.5 Å². The highest BCUT2D eigenvalue weighted by molar-refractivity contribution is 9.10. The van der Waals surface area contributed by atoms with Crippen LogP contribution in [0, 0.1) is 5.41 Å². The van der Waals surface area contributed by atoms with Crippen LogP contribution in [-0.2, 0) is 4.79 Å². The lowest BCUT2D eigenvalue weighted by atomic mass is 9.73. The highest BCUT2D eigenvalue weighted by Crippen LogP contribution is 2.45. The van der Waals surface area contributed by atoms with Crippen LogP contribution in [0.15, 0.2) is 52.3 Å². The highest BCUT2D eigenvalue weighted by Gasteiger charge is 2.38. The number of carbonyl (C=O) groups excluding carboxylic acids is 1. The Bertz CT molecular complexity index is 935. The first-order valence-electron chi connectivity index (χ1n) is 8.95. The largest absolute Gasteiger partial charge is 0.497 e. The topological polar surface area (TPSA) is 63.2 Å². The van der Waals surface area contributed by atoms with Crippen molar-refractivity contribution < 1.29 is 9.53 Å². The molecule has 1 aliphatic carbocycles. The Morgan fingerprint density at radius 3 is 2.67 bits per heavy atom. The Kier molecular flexibility index (Phi) is 4.46. The van der Waals surface area contributed by atoms with Gasteiger partial charge < -0.3 is 15.4 Å². The van der Waals surface area contributed by atoms with Gasteiger partial charge in [-0.25, -0.2) is 4.98 Å². The number of anilines is 2. The van der Waals surface area contributed by atoms with Gasteiger partial charge >= 0.3 is 0 Å². The predicted octanol–water partition coefficient (Wildman–Crippen LogP) is 5.07. The zero-order valence-corrected chi connectivity index (χ0v) is 17.2. The number of nitrogens with zero attached hydrogens (tertiary/aromatic N) is 1. The number of pyridine rings is 1. The third kappa shape index (κ3) is 3.46. The van der Waals surface area contributed by atoms with Crippen molar-refractivity contribution >= 4 is 33.2 Å². The molecular formula is C21H22BrN3O2. The fourth-order valence-corrected chi connectivity index (χ4v) is 4.18. The summed E-state index contributed by atoms with van der Waals surface area (Å²) in [6.07, 6.45) is 3.11. The molecule has 1 aromatic heterocycles. The Morgan fingerprint density at radius 1 is 1.22 bits per heavy atom. The van der Waals surface area contributed by atoms with E-state index in [4.69, 9.17) is 4.74 Å². The molecule has 0 amide bonds. The number of Topliss-reactive ketones (excluding diaryl/α,β-unsaturated/α-hetero) is 1. The summed E-state index contributed by atoms with van der Waals surface area (Å²) in [4.78, 5) is 17.7. The Labute approximate surface area is 167 Å². The van der Waals surface area contributed by atoms with Gasteiger partial charge in [-0.15, -0.1) is 0 Å². The summed E-state index contributed by atoms with van der Waals surface area (Å²) in [6.45, 7) is 4.27. The van der Waals surface area contributed by atoms with Crippen molar-refractivity contribution in [3.63, 3.8) is 0 Å². The lowest BCUT2D eigenvalue weighted by Gasteiger charge is -2.34. The maximum atomic E-state index is 13.1. The van der Waals surface area contributed by atoms with E-state index in [0.717, 1.165) is 45.0 Å². The lowest BCUT2D eigenvalue weighted by molar-refractivity contribution is -0.118. The lowest BCUT2D eigenvalue weighted by Crippen LogP contribution is -2.31. The van der Waals surface area contributed by atoms with Crippen molar-refractivity contribution in [2.45, 2.75) is 32.7 Å². The molecule has 4 rings (SSSR count). The predicted molar refractivity (Wildman–Crippen MR) is 110 cm³/mol.